The van der Waals surface area contributed by atoms with E-state index in [9.17, 15) is 0 Å². The molecule has 0 bridgehead atoms. The number of hydrogen-bond donors (Lipinski definition) is 2. The van der Waals surface area contributed by atoms with Crippen LogP contribution in [-0.2, 0) is 0 Å². The summed E-state index contributed by atoms with van der Waals surface area (Å²) in [4.78, 5) is 0. The predicted molar refractivity (Wildman–Crippen MR) is 119 cm³/mol. The standard InChI is InChI=1S/C24H26N2S/c1-17(2)19-13-15-22(16-14-19)25-24(27)26-23(20-7-5-4-6-8-20)21-11-9-18(3)10-12-21/h4-17,23H,1-3H3,(H2,25,26,27)/t23-/m0/s1. The van der Waals surface area contributed by atoms with Gasteiger partial charge in [0.25, 0.3) is 0 Å². The van der Waals surface area contributed by atoms with Crippen LogP contribution in [0.4, 0.5) is 5.69 Å². The normalized spacial score (nSPS) is 11.9. The average Bonchev–Trinajstić information content (AvgIpc) is 2.68. The number of anilines is 1. The maximum atomic E-state index is 5.60. The van der Waals surface area contributed by atoms with Crippen LogP contribution in [0.2, 0.25) is 0 Å². The molecule has 0 saturated carbocycles. The lowest BCUT2D eigenvalue weighted by atomic mass is 9.98. The first-order valence-electron chi connectivity index (χ1n) is 9.32. The van der Waals surface area contributed by atoms with Crippen molar-refractivity contribution in [1.29, 1.82) is 0 Å². The molecule has 0 aromatic heterocycles. The number of nitrogens with one attached hydrogen (secondary N) is 2. The van der Waals surface area contributed by atoms with Crippen molar-refractivity contribution in [2.75, 3.05) is 5.32 Å². The summed E-state index contributed by atoms with van der Waals surface area (Å²) >= 11 is 5.60. The molecule has 3 aromatic carbocycles. The predicted octanol–water partition coefficient (Wildman–Crippen LogP) is 6.19. The molecule has 0 aliphatic heterocycles. The Morgan fingerprint density at radius 3 is 1.89 bits per heavy atom. The lowest BCUT2D eigenvalue weighted by Gasteiger charge is -2.22. The van der Waals surface area contributed by atoms with E-state index in [0.717, 1.165) is 5.69 Å². The summed E-state index contributed by atoms with van der Waals surface area (Å²) in [5.74, 6) is 0.521. The van der Waals surface area contributed by atoms with Gasteiger partial charge in [-0.2, -0.15) is 0 Å². The molecule has 2 N–H and O–H groups in total. The number of hydrogen-bond acceptors (Lipinski definition) is 1. The molecule has 0 unspecified atom stereocenters. The van der Waals surface area contributed by atoms with Gasteiger partial charge in [-0.05, 0) is 53.9 Å². The van der Waals surface area contributed by atoms with Gasteiger partial charge in [-0.25, -0.2) is 0 Å². The third kappa shape index (κ3) is 5.18. The highest BCUT2D eigenvalue weighted by molar-refractivity contribution is 7.80. The van der Waals surface area contributed by atoms with Crippen molar-refractivity contribution in [3.05, 3.63) is 101 Å². The van der Waals surface area contributed by atoms with Gasteiger partial charge in [0.15, 0.2) is 5.11 Å². The highest BCUT2D eigenvalue weighted by Gasteiger charge is 2.15. The van der Waals surface area contributed by atoms with Crippen LogP contribution in [0.3, 0.4) is 0 Å². The van der Waals surface area contributed by atoms with Crippen LogP contribution in [0.5, 0.6) is 0 Å². The van der Waals surface area contributed by atoms with Gasteiger partial charge >= 0.3 is 0 Å². The minimum Gasteiger partial charge on any atom is -0.352 e. The Morgan fingerprint density at radius 1 is 0.741 bits per heavy atom. The molecule has 0 spiro atoms. The summed E-state index contributed by atoms with van der Waals surface area (Å²) in [5.41, 5.74) is 5.93. The van der Waals surface area contributed by atoms with Crippen LogP contribution in [0, 0.1) is 6.92 Å². The second-order valence-corrected chi connectivity index (χ2v) is 7.54. The van der Waals surface area contributed by atoms with E-state index in [1.54, 1.807) is 0 Å². The maximum Gasteiger partial charge on any atom is 0.171 e. The first-order chi connectivity index (χ1) is 13.0. The summed E-state index contributed by atoms with van der Waals surface area (Å²) < 4.78 is 0. The SMILES string of the molecule is Cc1ccc([C@@H](NC(=S)Nc2ccc(C(C)C)cc2)c2ccccc2)cc1. The molecule has 0 aliphatic rings. The molecule has 27 heavy (non-hydrogen) atoms. The Bertz CT molecular complexity index is 869. The number of benzene rings is 3. The Morgan fingerprint density at radius 2 is 1.30 bits per heavy atom. The molecular weight excluding hydrogens is 348 g/mol. The third-order valence-corrected chi connectivity index (χ3v) is 4.87. The molecule has 0 radical (unpaired) electrons. The second kappa shape index (κ2) is 8.83. The smallest absolute Gasteiger partial charge is 0.171 e. The second-order valence-electron chi connectivity index (χ2n) is 7.13. The van der Waals surface area contributed by atoms with E-state index in [2.05, 4.69) is 104 Å². The Balaban J connectivity index is 1.77. The molecule has 138 valence electrons. The van der Waals surface area contributed by atoms with Crippen LogP contribution >= 0.6 is 12.2 Å². The highest BCUT2D eigenvalue weighted by atomic mass is 32.1. The zero-order chi connectivity index (χ0) is 19.2. The van der Waals surface area contributed by atoms with Crippen LogP contribution in [0.25, 0.3) is 0 Å². The van der Waals surface area contributed by atoms with E-state index < -0.39 is 0 Å². The summed E-state index contributed by atoms with van der Waals surface area (Å²) in [5, 5.41) is 7.40. The quantitative estimate of drug-likeness (QED) is 0.520. The fourth-order valence-electron chi connectivity index (χ4n) is 3.01. The molecule has 0 fully saturated rings. The highest BCUT2D eigenvalue weighted by Crippen LogP contribution is 2.23. The molecule has 3 heteroatoms. The van der Waals surface area contributed by atoms with Gasteiger partial charge < -0.3 is 10.6 Å². The summed E-state index contributed by atoms with van der Waals surface area (Å²) in [6, 6.07) is 27.4. The minimum atomic E-state index is 0.00161. The van der Waals surface area contributed by atoms with Crippen molar-refractivity contribution in [3.63, 3.8) is 0 Å². The molecule has 0 amide bonds. The van der Waals surface area contributed by atoms with E-state index in [4.69, 9.17) is 12.2 Å². The van der Waals surface area contributed by atoms with Gasteiger partial charge in [0.2, 0.25) is 0 Å². The minimum absolute atomic E-state index is 0.00161. The molecule has 3 aromatic rings. The summed E-state index contributed by atoms with van der Waals surface area (Å²) in [7, 11) is 0. The zero-order valence-corrected chi connectivity index (χ0v) is 16.9. The lowest BCUT2D eigenvalue weighted by Crippen LogP contribution is -2.33. The molecule has 3 rings (SSSR count). The fraction of sp³-hybridized carbons (Fsp3) is 0.208. The van der Waals surface area contributed by atoms with Gasteiger partial charge in [-0.3, -0.25) is 0 Å². The largest absolute Gasteiger partial charge is 0.352 e. The van der Waals surface area contributed by atoms with E-state index in [0.29, 0.717) is 11.0 Å². The monoisotopic (exact) mass is 374 g/mol. The van der Waals surface area contributed by atoms with Gasteiger partial charge in [0, 0.05) is 5.69 Å². The first-order valence-corrected chi connectivity index (χ1v) is 9.73. The summed E-state index contributed by atoms with van der Waals surface area (Å²) in [6.45, 7) is 6.49. The number of rotatable bonds is 5. The van der Waals surface area contributed by atoms with Crippen LogP contribution in [0.1, 0.15) is 48.1 Å². The Hall–Kier alpha value is -2.65. The third-order valence-electron chi connectivity index (χ3n) is 4.65. The van der Waals surface area contributed by atoms with Crippen LogP contribution in [0.15, 0.2) is 78.9 Å². The van der Waals surface area contributed by atoms with E-state index in [1.165, 1.54) is 22.3 Å². The van der Waals surface area contributed by atoms with E-state index in [1.807, 2.05) is 6.07 Å². The summed E-state index contributed by atoms with van der Waals surface area (Å²) in [6.07, 6.45) is 0. The van der Waals surface area contributed by atoms with Crippen molar-refractivity contribution >= 4 is 23.0 Å². The molecule has 2 nitrogen and oxygen atoms in total. The molecule has 1 atom stereocenters. The van der Waals surface area contributed by atoms with E-state index >= 15 is 0 Å². The number of aryl methyl sites for hydroxylation is 1. The van der Waals surface area contributed by atoms with Gasteiger partial charge in [0.1, 0.15) is 0 Å². The average molecular weight is 375 g/mol. The van der Waals surface area contributed by atoms with Crippen LogP contribution in [-0.4, -0.2) is 5.11 Å². The van der Waals surface area contributed by atoms with Crippen LogP contribution < -0.4 is 10.6 Å². The molecule has 0 aliphatic carbocycles. The van der Waals surface area contributed by atoms with Crippen molar-refractivity contribution in [2.24, 2.45) is 0 Å². The zero-order valence-electron chi connectivity index (χ0n) is 16.1. The molecule has 0 saturated heterocycles. The molecule has 0 heterocycles. The maximum absolute atomic E-state index is 5.60. The van der Waals surface area contributed by atoms with Crippen molar-refractivity contribution < 1.29 is 0 Å². The van der Waals surface area contributed by atoms with E-state index in [-0.39, 0.29) is 6.04 Å². The fourth-order valence-corrected chi connectivity index (χ4v) is 3.25. The van der Waals surface area contributed by atoms with Gasteiger partial charge in [0.05, 0.1) is 6.04 Å². The Labute approximate surface area is 167 Å². The first kappa shape index (κ1) is 19.1. The molecular formula is C24H26N2S. The van der Waals surface area contributed by atoms with Gasteiger partial charge in [-0.1, -0.05) is 86.1 Å². The Kier molecular flexibility index (Phi) is 6.25. The van der Waals surface area contributed by atoms with Crippen molar-refractivity contribution in [1.82, 2.24) is 5.32 Å². The lowest BCUT2D eigenvalue weighted by molar-refractivity contribution is 0.768. The number of thiocarbonyl (C=S) groups is 1. The van der Waals surface area contributed by atoms with Crippen molar-refractivity contribution in [3.8, 4) is 0 Å². The van der Waals surface area contributed by atoms with Crippen molar-refractivity contribution in [2.45, 2.75) is 32.7 Å². The van der Waals surface area contributed by atoms with Gasteiger partial charge in [-0.15, -0.1) is 0 Å². The topological polar surface area (TPSA) is 24.1 Å².